The molecule has 2 nitrogen and oxygen atoms in total. The van der Waals surface area contributed by atoms with Crippen LogP contribution in [-0.2, 0) is 12.4 Å². The zero-order valence-corrected chi connectivity index (χ0v) is 24.5. The maximum atomic E-state index is 13.3. The molecule has 0 aromatic heterocycles. The predicted molar refractivity (Wildman–Crippen MR) is 155 cm³/mol. The third-order valence-corrected chi connectivity index (χ3v) is 14.6. The van der Waals surface area contributed by atoms with Gasteiger partial charge >= 0.3 is 12.4 Å². The summed E-state index contributed by atoms with van der Waals surface area (Å²) < 4.78 is 79.9. The standard InChI is InChI=1S/C30H38F6N2P2/c31-29(32,33)23-11-15-25(16-12-23)37-19-39(27-7-3-1-4-8-27)20-38(22-40(21-37)28-9-5-2-6-10-28)26-17-13-24(14-18-26)30(34,35)36/h11-18,27-28H,1-10,19-22H2. The zero-order chi connectivity index (χ0) is 28.3. The second-order valence-electron chi connectivity index (χ2n) is 11.5. The Kier molecular flexibility index (Phi) is 9.57. The third kappa shape index (κ3) is 7.46. The van der Waals surface area contributed by atoms with Crippen molar-refractivity contribution in [2.75, 3.05) is 34.9 Å². The Morgan fingerprint density at radius 3 is 1.05 bits per heavy atom. The van der Waals surface area contributed by atoms with E-state index in [0.717, 1.165) is 62.2 Å². The summed E-state index contributed by atoms with van der Waals surface area (Å²) in [5.41, 5.74) is 1.61. The van der Waals surface area contributed by atoms with Gasteiger partial charge in [0.25, 0.3) is 0 Å². The number of alkyl halides is 6. The van der Waals surface area contributed by atoms with Crippen molar-refractivity contribution in [2.24, 2.45) is 0 Å². The van der Waals surface area contributed by atoms with Gasteiger partial charge in [-0.3, -0.25) is 0 Å². The molecule has 1 heterocycles. The molecule has 0 spiro atoms. The van der Waals surface area contributed by atoms with Crippen molar-refractivity contribution in [3.8, 4) is 0 Å². The highest BCUT2D eigenvalue weighted by molar-refractivity contribution is 7.60. The smallest absolute Gasteiger partial charge is 0.363 e. The van der Waals surface area contributed by atoms with Crippen LogP contribution in [0.5, 0.6) is 0 Å². The van der Waals surface area contributed by atoms with Gasteiger partial charge in [-0.25, -0.2) is 0 Å². The Labute approximate surface area is 236 Å². The van der Waals surface area contributed by atoms with E-state index >= 15 is 0 Å². The molecule has 5 rings (SSSR count). The van der Waals surface area contributed by atoms with Crippen LogP contribution in [0.1, 0.15) is 75.3 Å². The summed E-state index contributed by atoms with van der Waals surface area (Å²) >= 11 is 0. The van der Waals surface area contributed by atoms with Crippen LogP contribution in [0.4, 0.5) is 37.7 Å². The highest BCUT2D eigenvalue weighted by Crippen LogP contribution is 2.57. The average Bonchev–Trinajstić information content (AvgIpc) is 2.93. The summed E-state index contributed by atoms with van der Waals surface area (Å²) in [7, 11) is -1.08. The van der Waals surface area contributed by atoms with Crippen LogP contribution in [0.15, 0.2) is 48.5 Å². The van der Waals surface area contributed by atoms with Gasteiger partial charge in [-0.15, -0.1) is 0 Å². The van der Waals surface area contributed by atoms with E-state index in [1.54, 1.807) is 24.3 Å². The fraction of sp³-hybridized carbons (Fsp3) is 0.600. The van der Waals surface area contributed by atoms with Crippen molar-refractivity contribution in [3.05, 3.63) is 59.7 Å². The van der Waals surface area contributed by atoms with E-state index in [4.69, 9.17) is 0 Å². The van der Waals surface area contributed by atoms with Crippen LogP contribution in [0.3, 0.4) is 0 Å². The van der Waals surface area contributed by atoms with Crippen molar-refractivity contribution in [1.29, 1.82) is 0 Å². The van der Waals surface area contributed by atoms with Gasteiger partial charge in [0.1, 0.15) is 0 Å². The number of nitrogens with zero attached hydrogens (tertiary/aromatic N) is 2. The molecule has 2 aromatic rings. The number of halogens is 6. The summed E-state index contributed by atoms with van der Waals surface area (Å²) in [6.45, 7) is 0. The lowest BCUT2D eigenvalue weighted by Crippen LogP contribution is -2.38. The van der Waals surface area contributed by atoms with E-state index < -0.39 is 39.3 Å². The minimum Gasteiger partial charge on any atom is -0.363 e. The first kappa shape index (κ1) is 30.0. The molecule has 0 amide bonds. The van der Waals surface area contributed by atoms with E-state index in [2.05, 4.69) is 9.80 Å². The van der Waals surface area contributed by atoms with Crippen LogP contribution in [-0.4, -0.2) is 36.5 Å². The second kappa shape index (κ2) is 12.8. The molecule has 3 aliphatic rings. The number of hydrogen-bond donors (Lipinski definition) is 0. The largest absolute Gasteiger partial charge is 0.416 e. The number of hydrogen-bond acceptors (Lipinski definition) is 2. The first-order valence-corrected chi connectivity index (χ1v) is 18.0. The maximum Gasteiger partial charge on any atom is 0.416 e. The first-order chi connectivity index (χ1) is 19.1. The number of rotatable bonds is 4. The highest BCUT2D eigenvalue weighted by Gasteiger charge is 2.36. The molecule has 40 heavy (non-hydrogen) atoms. The lowest BCUT2D eigenvalue weighted by atomic mass is 10.0. The minimum absolute atomic E-state index is 0.539. The molecule has 2 saturated carbocycles. The van der Waals surface area contributed by atoms with E-state index in [0.29, 0.717) is 11.3 Å². The fourth-order valence-electron chi connectivity index (χ4n) is 6.46. The van der Waals surface area contributed by atoms with Crippen molar-refractivity contribution < 1.29 is 26.3 Å². The van der Waals surface area contributed by atoms with Crippen molar-refractivity contribution in [1.82, 2.24) is 0 Å². The van der Waals surface area contributed by atoms with Crippen molar-refractivity contribution in [3.63, 3.8) is 0 Å². The molecule has 1 saturated heterocycles. The monoisotopic (exact) mass is 602 g/mol. The average molecular weight is 603 g/mol. The van der Waals surface area contributed by atoms with Gasteiger partial charge in [-0.05, 0) is 85.5 Å². The molecule has 0 bridgehead atoms. The Balaban J connectivity index is 1.47. The molecule has 3 fully saturated rings. The Hall–Kier alpha value is -1.52. The lowest BCUT2D eigenvalue weighted by molar-refractivity contribution is -0.138. The highest BCUT2D eigenvalue weighted by atomic mass is 31.1. The van der Waals surface area contributed by atoms with E-state index in [1.165, 1.54) is 62.8 Å². The van der Waals surface area contributed by atoms with E-state index in [9.17, 15) is 26.3 Å². The normalized spacial score (nSPS) is 24.6. The van der Waals surface area contributed by atoms with Crippen molar-refractivity contribution in [2.45, 2.75) is 87.9 Å². The molecule has 2 aromatic carbocycles. The quantitative estimate of drug-likeness (QED) is 0.254. The first-order valence-electron chi connectivity index (χ1n) is 14.4. The SMILES string of the molecule is FC(F)(F)c1ccc(N2CP(C3CCCCC3)CN(c3ccc(C(F)(F)F)cc3)CP(C3CCCCC3)C2)cc1. The topological polar surface area (TPSA) is 6.48 Å². The third-order valence-electron chi connectivity index (χ3n) is 8.71. The van der Waals surface area contributed by atoms with Gasteiger partial charge in [0.05, 0.1) is 11.1 Å². The van der Waals surface area contributed by atoms with Gasteiger partial charge < -0.3 is 9.80 Å². The van der Waals surface area contributed by atoms with E-state index in [-0.39, 0.29) is 0 Å². The summed E-state index contributed by atoms with van der Waals surface area (Å²) in [4.78, 5) is 4.76. The van der Waals surface area contributed by atoms with E-state index in [1.807, 2.05) is 0 Å². The Bertz CT molecular complexity index is 978. The molecule has 2 aliphatic carbocycles. The van der Waals surface area contributed by atoms with Gasteiger partial charge in [-0.2, -0.15) is 26.3 Å². The van der Waals surface area contributed by atoms with Gasteiger partial charge in [0, 0.05) is 36.5 Å². The fourth-order valence-corrected chi connectivity index (χ4v) is 12.9. The lowest BCUT2D eigenvalue weighted by Gasteiger charge is -2.46. The maximum absolute atomic E-state index is 13.3. The van der Waals surface area contributed by atoms with Crippen LogP contribution in [0.25, 0.3) is 0 Å². The summed E-state index contributed by atoms with van der Waals surface area (Å²) in [6.07, 6.45) is 6.46. The van der Waals surface area contributed by atoms with Crippen LogP contribution >= 0.6 is 15.8 Å². The molecule has 0 N–H and O–H groups in total. The Morgan fingerprint density at radius 1 is 0.475 bits per heavy atom. The molecule has 0 atom stereocenters. The van der Waals surface area contributed by atoms with Crippen molar-refractivity contribution >= 4 is 27.2 Å². The van der Waals surface area contributed by atoms with Gasteiger partial charge in [-0.1, -0.05) is 54.4 Å². The summed E-state index contributed by atoms with van der Waals surface area (Å²) in [5.74, 6) is 0. The van der Waals surface area contributed by atoms with Gasteiger partial charge in [0.2, 0.25) is 0 Å². The summed E-state index contributed by atoms with van der Waals surface area (Å²) in [5, 5.41) is 0. The van der Waals surface area contributed by atoms with Crippen LogP contribution in [0, 0.1) is 0 Å². The number of anilines is 2. The molecular formula is C30H38F6N2P2. The zero-order valence-electron chi connectivity index (χ0n) is 22.7. The summed E-state index contributed by atoms with van der Waals surface area (Å²) in [6, 6.07) is 11.4. The molecule has 0 radical (unpaired) electrons. The molecule has 10 heteroatoms. The van der Waals surface area contributed by atoms with Crippen LogP contribution in [0.2, 0.25) is 0 Å². The van der Waals surface area contributed by atoms with Gasteiger partial charge in [0.15, 0.2) is 0 Å². The molecule has 0 unspecified atom stereocenters. The molecule has 220 valence electrons. The predicted octanol–water partition coefficient (Wildman–Crippen LogP) is 10.5. The van der Waals surface area contributed by atoms with Crippen LogP contribution < -0.4 is 9.80 Å². The number of benzene rings is 2. The molecular weight excluding hydrogens is 564 g/mol. The second-order valence-corrected chi connectivity index (χ2v) is 16.4. The molecule has 1 aliphatic heterocycles. The Morgan fingerprint density at radius 2 is 0.775 bits per heavy atom. The minimum atomic E-state index is -4.36.